The topological polar surface area (TPSA) is 89.9 Å². The third-order valence-corrected chi connectivity index (χ3v) is 2.11. The van der Waals surface area contributed by atoms with Gasteiger partial charge in [-0.2, -0.15) is 0 Å². The molecule has 1 N–H and O–H groups in total. The smallest absolute Gasteiger partial charge is 0.343 e. The Labute approximate surface area is 85.5 Å². The van der Waals surface area contributed by atoms with Gasteiger partial charge >= 0.3 is 11.9 Å². The zero-order chi connectivity index (χ0) is 11.6. The molecule has 0 saturated heterocycles. The SMILES string of the molecule is COC(=O)C1=CC(=O)CC1(O)C(=O)OC. The predicted molar refractivity (Wildman–Crippen MR) is 46.7 cm³/mol. The monoisotopic (exact) mass is 214 g/mol. The van der Waals surface area contributed by atoms with Crippen molar-refractivity contribution in [1.29, 1.82) is 0 Å². The summed E-state index contributed by atoms with van der Waals surface area (Å²) in [6, 6.07) is 0. The molecule has 0 bridgehead atoms. The van der Waals surface area contributed by atoms with Gasteiger partial charge in [-0.15, -0.1) is 0 Å². The number of carbonyl (C=O) groups is 3. The van der Waals surface area contributed by atoms with Crippen LogP contribution in [0.2, 0.25) is 0 Å². The van der Waals surface area contributed by atoms with E-state index < -0.39 is 29.7 Å². The summed E-state index contributed by atoms with van der Waals surface area (Å²) in [5.74, 6) is -2.50. The Balaban J connectivity index is 3.11. The molecule has 1 unspecified atom stereocenters. The number of esters is 2. The summed E-state index contributed by atoms with van der Waals surface area (Å²) in [5, 5.41) is 9.83. The van der Waals surface area contributed by atoms with Gasteiger partial charge in [0, 0.05) is 0 Å². The molecule has 1 rings (SSSR count). The van der Waals surface area contributed by atoms with E-state index in [0.29, 0.717) is 0 Å². The molecule has 6 nitrogen and oxygen atoms in total. The van der Waals surface area contributed by atoms with Gasteiger partial charge in [0.05, 0.1) is 26.2 Å². The fraction of sp³-hybridized carbons (Fsp3) is 0.444. The van der Waals surface area contributed by atoms with Crippen molar-refractivity contribution in [2.24, 2.45) is 0 Å². The average molecular weight is 214 g/mol. The Hall–Kier alpha value is -1.69. The zero-order valence-electron chi connectivity index (χ0n) is 8.27. The number of allylic oxidation sites excluding steroid dienone is 1. The molecule has 1 aliphatic carbocycles. The van der Waals surface area contributed by atoms with Gasteiger partial charge in [-0.05, 0) is 6.08 Å². The molecule has 82 valence electrons. The van der Waals surface area contributed by atoms with E-state index in [4.69, 9.17) is 0 Å². The Kier molecular flexibility index (Phi) is 2.90. The lowest BCUT2D eigenvalue weighted by Gasteiger charge is -2.20. The lowest BCUT2D eigenvalue weighted by molar-refractivity contribution is -0.162. The fourth-order valence-electron chi connectivity index (χ4n) is 1.37. The van der Waals surface area contributed by atoms with Crippen LogP contribution in [-0.4, -0.2) is 42.6 Å². The summed E-state index contributed by atoms with van der Waals surface area (Å²) in [4.78, 5) is 33.5. The highest BCUT2D eigenvalue weighted by Gasteiger charge is 2.50. The molecule has 0 saturated carbocycles. The number of ketones is 1. The third kappa shape index (κ3) is 1.75. The molecule has 0 heterocycles. The van der Waals surface area contributed by atoms with Crippen molar-refractivity contribution in [3.05, 3.63) is 11.6 Å². The number of hydrogen-bond donors (Lipinski definition) is 1. The van der Waals surface area contributed by atoms with Crippen molar-refractivity contribution in [1.82, 2.24) is 0 Å². The quantitative estimate of drug-likeness (QED) is 0.590. The molecule has 0 radical (unpaired) electrons. The first-order chi connectivity index (χ1) is 6.95. The van der Waals surface area contributed by atoms with E-state index in [-0.39, 0.29) is 5.57 Å². The standard InChI is InChI=1S/C9H10O6/c1-14-7(11)6-3-5(10)4-9(6,13)8(12)15-2/h3,13H,4H2,1-2H3. The number of aliphatic hydroxyl groups is 1. The van der Waals surface area contributed by atoms with Crippen LogP contribution in [0.25, 0.3) is 0 Å². The van der Waals surface area contributed by atoms with Gasteiger partial charge in [-0.1, -0.05) is 0 Å². The van der Waals surface area contributed by atoms with Crippen molar-refractivity contribution < 1.29 is 29.0 Å². The Morgan fingerprint density at radius 2 is 2.00 bits per heavy atom. The van der Waals surface area contributed by atoms with Crippen molar-refractivity contribution in [2.45, 2.75) is 12.0 Å². The van der Waals surface area contributed by atoms with E-state index in [0.717, 1.165) is 20.3 Å². The molecule has 0 fully saturated rings. The second kappa shape index (κ2) is 3.82. The average Bonchev–Trinajstić information content (AvgIpc) is 2.53. The highest BCUT2D eigenvalue weighted by molar-refractivity contribution is 6.12. The van der Waals surface area contributed by atoms with Crippen molar-refractivity contribution in [3.63, 3.8) is 0 Å². The second-order valence-corrected chi connectivity index (χ2v) is 3.04. The minimum absolute atomic E-state index is 0.387. The Morgan fingerprint density at radius 3 is 2.47 bits per heavy atom. The first-order valence-electron chi connectivity index (χ1n) is 4.10. The largest absolute Gasteiger partial charge is 0.467 e. The maximum absolute atomic E-state index is 11.2. The van der Waals surface area contributed by atoms with Gasteiger partial charge in [0.25, 0.3) is 0 Å². The first kappa shape index (κ1) is 11.4. The molecule has 0 amide bonds. The minimum Gasteiger partial charge on any atom is -0.467 e. The highest BCUT2D eigenvalue weighted by Crippen LogP contribution is 2.30. The maximum Gasteiger partial charge on any atom is 0.343 e. The van der Waals surface area contributed by atoms with Crippen LogP contribution in [0.4, 0.5) is 0 Å². The minimum atomic E-state index is -2.21. The molecular formula is C9H10O6. The van der Waals surface area contributed by atoms with Crippen molar-refractivity contribution >= 4 is 17.7 Å². The van der Waals surface area contributed by atoms with E-state index in [1.54, 1.807) is 0 Å². The summed E-state index contributed by atoms with van der Waals surface area (Å²) in [7, 11) is 2.14. The van der Waals surface area contributed by atoms with Crippen LogP contribution in [0.5, 0.6) is 0 Å². The van der Waals surface area contributed by atoms with Gasteiger partial charge in [-0.25, -0.2) is 9.59 Å². The summed E-state index contributed by atoms with van der Waals surface area (Å²) in [6.07, 6.45) is 0.396. The summed E-state index contributed by atoms with van der Waals surface area (Å²) in [5.41, 5.74) is -2.60. The molecule has 0 aliphatic heterocycles. The zero-order valence-corrected chi connectivity index (χ0v) is 8.27. The van der Waals surface area contributed by atoms with Gasteiger partial charge in [0.15, 0.2) is 5.78 Å². The van der Waals surface area contributed by atoms with Gasteiger partial charge in [-0.3, -0.25) is 4.79 Å². The lowest BCUT2D eigenvalue weighted by Crippen LogP contribution is -2.42. The molecule has 0 aromatic rings. The number of hydrogen-bond acceptors (Lipinski definition) is 6. The molecule has 15 heavy (non-hydrogen) atoms. The number of ether oxygens (including phenoxy) is 2. The Morgan fingerprint density at radius 1 is 1.40 bits per heavy atom. The van der Waals surface area contributed by atoms with Crippen LogP contribution in [0.3, 0.4) is 0 Å². The molecule has 0 aromatic heterocycles. The molecular weight excluding hydrogens is 204 g/mol. The molecule has 0 spiro atoms. The highest BCUT2D eigenvalue weighted by atomic mass is 16.5. The normalized spacial score (nSPS) is 24.7. The first-order valence-corrected chi connectivity index (χ1v) is 4.10. The third-order valence-electron chi connectivity index (χ3n) is 2.11. The molecule has 1 atom stereocenters. The molecule has 0 aromatic carbocycles. The summed E-state index contributed by atoms with van der Waals surface area (Å²) in [6.45, 7) is 0. The second-order valence-electron chi connectivity index (χ2n) is 3.04. The predicted octanol–water partition coefficient (Wildman–Crippen LogP) is -1.04. The van der Waals surface area contributed by atoms with E-state index in [9.17, 15) is 19.5 Å². The van der Waals surface area contributed by atoms with Crippen molar-refractivity contribution in [2.75, 3.05) is 14.2 Å². The number of carbonyl (C=O) groups excluding carboxylic acids is 3. The van der Waals surface area contributed by atoms with Gasteiger partial charge in [0.1, 0.15) is 0 Å². The summed E-state index contributed by atoms with van der Waals surface area (Å²) < 4.78 is 8.67. The van der Waals surface area contributed by atoms with Crippen molar-refractivity contribution in [3.8, 4) is 0 Å². The molecule has 1 aliphatic rings. The molecule has 6 heteroatoms. The van der Waals surface area contributed by atoms with Crippen LogP contribution in [0.1, 0.15) is 6.42 Å². The van der Waals surface area contributed by atoms with Crippen LogP contribution in [0, 0.1) is 0 Å². The van der Waals surface area contributed by atoms with E-state index >= 15 is 0 Å². The number of methoxy groups -OCH3 is 2. The van der Waals surface area contributed by atoms with E-state index in [1.807, 2.05) is 0 Å². The maximum atomic E-state index is 11.2. The number of rotatable bonds is 2. The van der Waals surface area contributed by atoms with E-state index in [2.05, 4.69) is 9.47 Å². The van der Waals surface area contributed by atoms with Gasteiger partial charge in [0.2, 0.25) is 5.60 Å². The van der Waals surface area contributed by atoms with Crippen LogP contribution in [0.15, 0.2) is 11.6 Å². The van der Waals surface area contributed by atoms with Gasteiger partial charge < -0.3 is 14.6 Å². The van der Waals surface area contributed by atoms with Crippen LogP contribution < -0.4 is 0 Å². The summed E-state index contributed by atoms with van der Waals surface area (Å²) >= 11 is 0. The van der Waals surface area contributed by atoms with Crippen LogP contribution >= 0.6 is 0 Å². The van der Waals surface area contributed by atoms with Crippen LogP contribution in [-0.2, 0) is 23.9 Å². The van der Waals surface area contributed by atoms with E-state index in [1.165, 1.54) is 0 Å². The fourth-order valence-corrected chi connectivity index (χ4v) is 1.37. The Bertz CT molecular complexity index is 356. The lowest BCUT2D eigenvalue weighted by atomic mass is 9.96.